The molecule has 1 N–H and O–H groups in total. The lowest BCUT2D eigenvalue weighted by atomic mass is 9.41. The van der Waals surface area contributed by atoms with Crippen molar-refractivity contribution < 1.29 is 52.8 Å². The van der Waals surface area contributed by atoms with Gasteiger partial charge in [0.1, 0.15) is 24.1 Å². The summed E-state index contributed by atoms with van der Waals surface area (Å²) in [6.45, 7) is 8.96. The van der Waals surface area contributed by atoms with E-state index in [9.17, 15) is 33.9 Å². The van der Waals surface area contributed by atoms with E-state index in [4.69, 9.17) is 18.9 Å². The average molecular weight is 661 g/mol. The van der Waals surface area contributed by atoms with Gasteiger partial charge in [0.2, 0.25) is 0 Å². The number of carbonyl (C=O) groups is 6. The molecule has 0 saturated heterocycles. The van der Waals surface area contributed by atoms with Crippen LogP contribution in [0.2, 0.25) is 0 Å². The van der Waals surface area contributed by atoms with Crippen LogP contribution in [0.4, 0.5) is 0 Å². The summed E-state index contributed by atoms with van der Waals surface area (Å²) in [6, 6.07) is 16.2. The van der Waals surface area contributed by atoms with Crippen molar-refractivity contribution in [3.63, 3.8) is 0 Å². The molecule has 0 radical (unpaired) electrons. The predicted octanol–water partition coefficient (Wildman–Crippen LogP) is 4.20. The lowest BCUT2D eigenvalue weighted by Gasteiger charge is -2.66. The van der Waals surface area contributed by atoms with Crippen LogP contribution in [0.1, 0.15) is 75.1 Å². The quantitative estimate of drug-likeness (QED) is 0.349. The van der Waals surface area contributed by atoms with E-state index in [1.807, 2.05) is 0 Å². The number of aliphatic hydroxyl groups is 1. The summed E-state index contributed by atoms with van der Waals surface area (Å²) < 4.78 is 23.9. The highest BCUT2D eigenvalue weighted by atomic mass is 16.6. The molecule has 48 heavy (non-hydrogen) atoms. The number of benzene rings is 2. The van der Waals surface area contributed by atoms with E-state index in [-0.39, 0.29) is 24.0 Å². The molecule has 2 aromatic rings. The van der Waals surface area contributed by atoms with Crippen molar-refractivity contribution in [1.29, 1.82) is 0 Å². The molecule has 0 bridgehead atoms. The molecule has 8 atom stereocenters. The second-order valence-corrected chi connectivity index (χ2v) is 13.8. The van der Waals surface area contributed by atoms with Gasteiger partial charge >= 0.3 is 23.9 Å². The molecule has 0 amide bonds. The molecule has 11 heteroatoms. The molecule has 5 rings (SSSR count). The van der Waals surface area contributed by atoms with Gasteiger partial charge in [-0.15, -0.1) is 0 Å². The van der Waals surface area contributed by atoms with E-state index < -0.39 is 88.1 Å². The van der Waals surface area contributed by atoms with Gasteiger partial charge < -0.3 is 24.1 Å². The van der Waals surface area contributed by atoms with Gasteiger partial charge in [0.05, 0.1) is 17.0 Å². The molecule has 3 aliphatic carbocycles. The largest absolute Gasteiger partial charge is 0.459 e. The molecule has 0 heterocycles. The number of esters is 4. The molecule has 2 fully saturated rings. The van der Waals surface area contributed by atoms with Crippen LogP contribution < -0.4 is 0 Å². The summed E-state index contributed by atoms with van der Waals surface area (Å²) in [5.41, 5.74) is -4.66. The summed E-state index contributed by atoms with van der Waals surface area (Å²) >= 11 is 0. The van der Waals surface area contributed by atoms with E-state index in [2.05, 4.69) is 0 Å². The van der Waals surface area contributed by atoms with Gasteiger partial charge in [-0.05, 0) is 49.6 Å². The molecule has 0 aliphatic heterocycles. The molecule has 3 aliphatic rings. The third kappa shape index (κ3) is 5.85. The Labute approximate surface area is 278 Å². The van der Waals surface area contributed by atoms with Crippen molar-refractivity contribution in [3.05, 3.63) is 83.4 Å². The Bertz CT molecular complexity index is 1660. The summed E-state index contributed by atoms with van der Waals surface area (Å²) in [5.74, 6) is -6.98. The zero-order valence-electron chi connectivity index (χ0n) is 27.8. The minimum Gasteiger partial charge on any atom is -0.459 e. The first-order chi connectivity index (χ1) is 22.5. The molecule has 11 nitrogen and oxygen atoms in total. The summed E-state index contributed by atoms with van der Waals surface area (Å²) in [5, 5.41) is 12.5. The highest BCUT2D eigenvalue weighted by Crippen LogP contribution is 2.65. The number of rotatable bonds is 6. The third-order valence-corrected chi connectivity index (χ3v) is 10.2. The smallest absolute Gasteiger partial charge is 0.338 e. The zero-order chi connectivity index (χ0) is 35.2. The number of carbonyl (C=O) groups excluding carboxylic acids is 6. The Kier molecular flexibility index (Phi) is 9.22. The fraction of sp³-hybridized carbons (Fsp3) is 0.459. The molecule has 254 valence electrons. The summed E-state index contributed by atoms with van der Waals surface area (Å²) in [4.78, 5) is 80.9. The number of ether oxygens (including phenoxy) is 4. The third-order valence-electron chi connectivity index (χ3n) is 10.2. The Morgan fingerprint density at radius 1 is 0.750 bits per heavy atom. The molecule has 2 saturated carbocycles. The molecule has 1 unspecified atom stereocenters. The second-order valence-electron chi connectivity index (χ2n) is 13.8. The average Bonchev–Trinajstić information content (AvgIpc) is 3.11. The SMILES string of the molecule is CC(=O)O[C@H]1[C@@H](OC(=O)c2ccccc2)C(C)(C)[C@@H]2C[C@@H](OC(C)=O)[C@@]3(O)C(=O)C=C(C)CC(=O)C3[C@@]2(C)[C@H]1OC(=O)c1ccccc1. The van der Waals surface area contributed by atoms with Crippen LogP contribution >= 0.6 is 0 Å². The Morgan fingerprint density at radius 2 is 1.25 bits per heavy atom. The number of ketones is 2. The van der Waals surface area contributed by atoms with Crippen LogP contribution in [0, 0.1) is 22.7 Å². The monoisotopic (exact) mass is 660 g/mol. The van der Waals surface area contributed by atoms with E-state index in [1.165, 1.54) is 18.2 Å². The fourth-order valence-corrected chi connectivity index (χ4v) is 8.35. The van der Waals surface area contributed by atoms with Crippen molar-refractivity contribution in [1.82, 2.24) is 0 Å². The van der Waals surface area contributed by atoms with E-state index in [0.717, 1.165) is 13.8 Å². The zero-order valence-corrected chi connectivity index (χ0v) is 27.8. The molecule has 0 spiro atoms. The Morgan fingerprint density at radius 3 is 1.75 bits per heavy atom. The second kappa shape index (κ2) is 12.8. The van der Waals surface area contributed by atoms with Gasteiger partial charge in [0.15, 0.2) is 17.5 Å². The van der Waals surface area contributed by atoms with Gasteiger partial charge in [0.25, 0.3) is 0 Å². The van der Waals surface area contributed by atoms with E-state index in [0.29, 0.717) is 5.57 Å². The van der Waals surface area contributed by atoms with Crippen LogP contribution in [0.3, 0.4) is 0 Å². The Balaban J connectivity index is 1.76. The minimum atomic E-state index is -2.56. The van der Waals surface area contributed by atoms with Gasteiger partial charge in [-0.1, -0.05) is 62.7 Å². The van der Waals surface area contributed by atoms with E-state index >= 15 is 0 Å². The van der Waals surface area contributed by atoms with Crippen LogP contribution in [0.5, 0.6) is 0 Å². The standard InChI is InChI=1S/C37H40O11/c1-20-17-25(40)30-36(6)26(19-28(45-21(2)38)37(30,44)27(41)18-20)35(4,5)31(47-33(42)23-13-9-7-10-14-23)29(46-22(3)39)32(36)48-34(43)24-15-11-8-12-16-24/h7-16,18,26,28-32,44H,17,19H2,1-6H3/t26-,28+,29-,30?,31+,32-,36-,37-/m0/s1. The first-order valence-electron chi connectivity index (χ1n) is 15.9. The maximum atomic E-state index is 14.4. The predicted molar refractivity (Wildman–Crippen MR) is 169 cm³/mol. The first kappa shape index (κ1) is 34.7. The normalized spacial score (nSPS) is 32.4. The number of allylic oxidation sites excluding steroid dienone is 1. The van der Waals surface area contributed by atoms with Crippen molar-refractivity contribution >= 4 is 35.4 Å². The topological polar surface area (TPSA) is 160 Å². The van der Waals surface area contributed by atoms with Crippen LogP contribution in [0.15, 0.2) is 72.3 Å². The van der Waals surface area contributed by atoms with Gasteiger partial charge in [-0.3, -0.25) is 19.2 Å². The number of hydrogen-bond donors (Lipinski definition) is 1. The maximum absolute atomic E-state index is 14.4. The lowest BCUT2D eigenvalue weighted by Crippen LogP contribution is -2.77. The van der Waals surface area contributed by atoms with E-state index in [1.54, 1.807) is 76.2 Å². The lowest BCUT2D eigenvalue weighted by molar-refractivity contribution is -0.287. The van der Waals surface area contributed by atoms with Gasteiger partial charge in [-0.25, -0.2) is 9.59 Å². The van der Waals surface area contributed by atoms with Gasteiger partial charge in [0, 0.05) is 31.1 Å². The summed E-state index contributed by atoms with van der Waals surface area (Å²) in [6.07, 6.45) is -5.03. The first-order valence-corrected chi connectivity index (χ1v) is 15.9. The highest BCUT2D eigenvalue weighted by Gasteiger charge is 2.76. The highest BCUT2D eigenvalue weighted by molar-refractivity contribution is 6.05. The Hall–Kier alpha value is -4.64. The number of Topliss-reactive ketones (excluding diaryl/α,β-unsaturated/α-hetero) is 1. The maximum Gasteiger partial charge on any atom is 0.338 e. The molecular formula is C37H40O11. The summed E-state index contributed by atoms with van der Waals surface area (Å²) in [7, 11) is 0. The van der Waals surface area contributed by atoms with Gasteiger partial charge in [-0.2, -0.15) is 0 Å². The minimum absolute atomic E-state index is 0.145. The van der Waals surface area contributed by atoms with Crippen LogP contribution in [-0.2, 0) is 38.1 Å². The fourth-order valence-electron chi connectivity index (χ4n) is 8.35. The number of hydrogen-bond acceptors (Lipinski definition) is 11. The van der Waals surface area contributed by atoms with Crippen molar-refractivity contribution in [3.8, 4) is 0 Å². The van der Waals surface area contributed by atoms with Crippen LogP contribution in [0.25, 0.3) is 0 Å². The molecule has 2 aromatic carbocycles. The molecular weight excluding hydrogens is 620 g/mol. The molecule has 0 aromatic heterocycles. The van der Waals surface area contributed by atoms with Crippen LogP contribution in [-0.4, -0.2) is 70.6 Å². The number of fused-ring (bicyclic) bond motifs is 3. The van der Waals surface area contributed by atoms with Crippen molar-refractivity contribution in [2.24, 2.45) is 22.7 Å². The van der Waals surface area contributed by atoms with Crippen molar-refractivity contribution in [2.75, 3.05) is 0 Å². The van der Waals surface area contributed by atoms with Crippen molar-refractivity contribution in [2.45, 2.75) is 84.4 Å².